The largest absolute Gasteiger partial charge is 0.352 e. The second-order valence-corrected chi connectivity index (χ2v) is 5.50. The molecule has 0 atom stereocenters. The second-order valence-electron chi connectivity index (χ2n) is 1.97. The van der Waals surface area contributed by atoms with E-state index >= 15 is 0 Å². The summed E-state index contributed by atoms with van der Waals surface area (Å²) in [5.74, 6) is 0. The van der Waals surface area contributed by atoms with Crippen molar-refractivity contribution in [1.82, 2.24) is 0 Å². The van der Waals surface area contributed by atoms with Gasteiger partial charge in [0.2, 0.25) is 0 Å². The van der Waals surface area contributed by atoms with Crippen molar-refractivity contribution >= 4 is 40.4 Å². The number of hydrogen-bond acceptors (Lipinski definition) is 1. The van der Waals surface area contributed by atoms with Crippen molar-refractivity contribution in [3.05, 3.63) is 30.3 Å². The number of nitrogens with two attached hydrogens (primary N) is 2. The van der Waals surface area contributed by atoms with Gasteiger partial charge < -0.3 is 11.5 Å². The van der Waals surface area contributed by atoms with Crippen LogP contribution in [0.1, 0.15) is 0 Å². The highest BCUT2D eigenvalue weighted by atomic mass is 35.9. The van der Waals surface area contributed by atoms with E-state index in [1.807, 2.05) is 30.3 Å². The molecule has 0 spiro atoms. The fourth-order valence-electron chi connectivity index (χ4n) is 0.541. The molecule has 1 aromatic carbocycles. The van der Waals surface area contributed by atoms with Gasteiger partial charge in [0.05, 0.1) is 0 Å². The molecule has 2 amide bonds. The van der Waals surface area contributed by atoms with E-state index in [1.54, 1.807) is 0 Å². The van der Waals surface area contributed by atoms with Gasteiger partial charge in [-0.1, -0.05) is 52.8 Å². The predicted molar refractivity (Wildman–Crippen MR) is 58.5 cm³/mol. The lowest BCUT2D eigenvalue weighted by molar-refractivity contribution is 0.256. The molecule has 0 fully saturated rings. The Labute approximate surface area is 87.3 Å². The number of benzene rings is 1. The van der Waals surface area contributed by atoms with Crippen molar-refractivity contribution < 1.29 is 4.79 Å². The van der Waals surface area contributed by atoms with Crippen LogP contribution in [0.25, 0.3) is 0 Å². The van der Waals surface area contributed by atoms with E-state index in [4.69, 9.17) is 27.3 Å². The summed E-state index contributed by atoms with van der Waals surface area (Å²) in [5.41, 5.74) is 8.50. The van der Waals surface area contributed by atoms with Gasteiger partial charge in [0, 0.05) is 5.30 Å². The van der Waals surface area contributed by atoms with Crippen molar-refractivity contribution in [3.63, 3.8) is 0 Å². The third-order valence-corrected chi connectivity index (χ3v) is 2.81. The first kappa shape index (κ1) is 12.5. The van der Waals surface area contributed by atoms with Crippen molar-refractivity contribution in [3.8, 4) is 0 Å². The Kier molecular flexibility index (Phi) is 6.69. The third kappa shape index (κ3) is 7.85. The van der Waals surface area contributed by atoms with Gasteiger partial charge in [-0.2, -0.15) is 0 Å². The number of halogens is 2. The molecule has 0 bridgehead atoms. The topological polar surface area (TPSA) is 69.1 Å². The minimum atomic E-state index is -0.951. The molecule has 4 N–H and O–H groups in total. The molecule has 0 radical (unpaired) electrons. The molecule has 0 aromatic heterocycles. The Morgan fingerprint density at radius 3 is 1.77 bits per heavy atom. The van der Waals surface area contributed by atoms with Gasteiger partial charge in [0.15, 0.2) is 0 Å². The van der Waals surface area contributed by atoms with Crippen LogP contribution < -0.4 is 16.8 Å². The van der Waals surface area contributed by atoms with Crippen molar-refractivity contribution in [2.45, 2.75) is 0 Å². The number of carbonyl (C=O) groups excluding carboxylic acids is 1. The Hall–Kier alpha value is -0.500. The average Bonchev–Trinajstić information content (AvgIpc) is 2.05. The Morgan fingerprint density at radius 2 is 1.54 bits per heavy atom. The SMILES string of the molecule is ClP(Cl)c1ccccc1.NC(N)=O. The van der Waals surface area contributed by atoms with Gasteiger partial charge in [-0.05, 0) is 0 Å². The fraction of sp³-hybridized carbons (Fsp3) is 0. The van der Waals surface area contributed by atoms with Gasteiger partial charge in [0.25, 0.3) is 0 Å². The van der Waals surface area contributed by atoms with Crippen molar-refractivity contribution in [2.75, 3.05) is 0 Å². The molecule has 1 rings (SSSR count). The summed E-state index contributed by atoms with van der Waals surface area (Å²) < 4.78 is 0. The molecule has 72 valence electrons. The molecule has 1 aromatic rings. The summed E-state index contributed by atoms with van der Waals surface area (Å²) in [6.45, 7) is -0.951. The van der Waals surface area contributed by atoms with E-state index in [0.717, 1.165) is 5.30 Å². The first-order chi connectivity index (χ1) is 6.04. The number of primary amides is 2. The first-order valence-electron chi connectivity index (χ1n) is 3.25. The van der Waals surface area contributed by atoms with Crippen LogP contribution in [-0.2, 0) is 0 Å². The number of rotatable bonds is 1. The summed E-state index contributed by atoms with van der Waals surface area (Å²) >= 11 is 11.3. The highest BCUT2D eigenvalue weighted by Crippen LogP contribution is 2.44. The molecule has 0 unspecified atom stereocenters. The minimum absolute atomic E-state index is 0.833. The van der Waals surface area contributed by atoms with Crippen LogP contribution in [0.15, 0.2) is 30.3 Å². The standard InChI is InChI=1S/C6H5Cl2P.CH4N2O/c7-9(8)6-4-2-1-3-5-6;2-1(3)4/h1-5H;(H4,2,3,4). The monoisotopic (exact) mass is 238 g/mol. The minimum Gasteiger partial charge on any atom is -0.352 e. The Morgan fingerprint density at radius 1 is 1.15 bits per heavy atom. The molecule has 0 aliphatic carbocycles. The van der Waals surface area contributed by atoms with E-state index in [9.17, 15) is 0 Å². The van der Waals surface area contributed by atoms with Gasteiger partial charge in [-0.15, -0.1) is 0 Å². The molecule has 0 aliphatic rings. The van der Waals surface area contributed by atoms with Gasteiger partial charge >= 0.3 is 6.03 Å². The lowest BCUT2D eigenvalue weighted by Crippen LogP contribution is -2.18. The normalized spacial score (nSPS) is 8.85. The van der Waals surface area contributed by atoms with E-state index in [1.165, 1.54) is 0 Å². The lowest BCUT2D eigenvalue weighted by Gasteiger charge is -1.96. The molecule has 13 heavy (non-hydrogen) atoms. The summed E-state index contributed by atoms with van der Waals surface area (Å²) in [5, 5.41) is 1.01. The number of amides is 2. The molecular weight excluding hydrogens is 230 g/mol. The van der Waals surface area contributed by atoms with Crippen LogP contribution in [0.4, 0.5) is 4.79 Å². The van der Waals surface area contributed by atoms with Crippen LogP contribution in [0.5, 0.6) is 0 Å². The molecule has 6 heteroatoms. The number of urea groups is 1. The van der Waals surface area contributed by atoms with Gasteiger partial charge in [0.1, 0.15) is 6.63 Å². The summed E-state index contributed by atoms with van der Waals surface area (Å²) in [6, 6.07) is 8.80. The van der Waals surface area contributed by atoms with Crippen LogP contribution in [-0.4, -0.2) is 6.03 Å². The van der Waals surface area contributed by atoms with Crippen molar-refractivity contribution in [2.24, 2.45) is 11.5 Å². The average molecular weight is 239 g/mol. The third-order valence-electron chi connectivity index (χ3n) is 0.951. The maximum absolute atomic E-state index is 9.00. The lowest BCUT2D eigenvalue weighted by atomic mass is 10.4. The van der Waals surface area contributed by atoms with Crippen LogP contribution in [0.3, 0.4) is 0 Å². The Balaban J connectivity index is 0.000000310. The molecule has 0 heterocycles. The second kappa shape index (κ2) is 6.96. The van der Waals surface area contributed by atoms with E-state index in [2.05, 4.69) is 11.5 Å². The summed E-state index contributed by atoms with van der Waals surface area (Å²) in [7, 11) is 0. The molecule has 0 saturated carbocycles. The van der Waals surface area contributed by atoms with E-state index < -0.39 is 12.7 Å². The van der Waals surface area contributed by atoms with Gasteiger partial charge in [-0.3, -0.25) is 0 Å². The van der Waals surface area contributed by atoms with Crippen LogP contribution in [0.2, 0.25) is 0 Å². The highest BCUT2D eigenvalue weighted by molar-refractivity contribution is 8.08. The molecule has 3 nitrogen and oxygen atoms in total. The van der Waals surface area contributed by atoms with Crippen LogP contribution >= 0.6 is 29.1 Å². The van der Waals surface area contributed by atoms with E-state index in [0.29, 0.717) is 0 Å². The predicted octanol–water partition coefficient (Wildman–Crippen LogP) is 2.13. The highest BCUT2D eigenvalue weighted by Gasteiger charge is 1.99. The molecule has 0 saturated heterocycles. The summed E-state index contributed by atoms with van der Waals surface area (Å²) in [6.07, 6.45) is 0. The Bertz CT molecular complexity index is 252. The first-order valence-corrected chi connectivity index (χ1v) is 6.41. The van der Waals surface area contributed by atoms with E-state index in [-0.39, 0.29) is 0 Å². The maximum atomic E-state index is 9.00. The zero-order chi connectivity index (χ0) is 10.3. The van der Waals surface area contributed by atoms with Gasteiger partial charge in [-0.25, -0.2) is 4.79 Å². The molecular formula is C7H9Cl2N2OP. The number of carbonyl (C=O) groups is 1. The zero-order valence-electron chi connectivity index (χ0n) is 6.65. The smallest absolute Gasteiger partial charge is 0.309 e. The van der Waals surface area contributed by atoms with Crippen LogP contribution in [0, 0.1) is 0 Å². The molecule has 0 aliphatic heterocycles. The zero-order valence-corrected chi connectivity index (χ0v) is 9.06. The fourth-order valence-corrected chi connectivity index (χ4v) is 1.61. The number of hydrogen-bond donors (Lipinski definition) is 2. The summed E-state index contributed by atoms with van der Waals surface area (Å²) in [4.78, 5) is 9.00. The van der Waals surface area contributed by atoms with Crippen molar-refractivity contribution in [1.29, 1.82) is 0 Å². The maximum Gasteiger partial charge on any atom is 0.309 e. The quantitative estimate of drug-likeness (QED) is 0.724.